The average Bonchev–Trinajstić information content (AvgIpc) is 3.05. The fourth-order valence-corrected chi connectivity index (χ4v) is 7.48. The van der Waals surface area contributed by atoms with Crippen molar-refractivity contribution in [2.45, 2.75) is 91.3 Å². The van der Waals surface area contributed by atoms with Crippen molar-refractivity contribution in [2.75, 3.05) is 13.2 Å². The maximum absolute atomic E-state index is 12.0. The van der Waals surface area contributed by atoms with Crippen molar-refractivity contribution in [1.29, 1.82) is 0 Å². The number of ether oxygens (including phenoxy) is 4. The molecule has 0 aliphatic heterocycles. The van der Waals surface area contributed by atoms with Gasteiger partial charge in [0, 0.05) is 5.41 Å². The Morgan fingerprint density at radius 2 is 1.61 bits per heavy atom. The van der Waals surface area contributed by atoms with E-state index >= 15 is 0 Å². The van der Waals surface area contributed by atoms with Crippen molar-refractivity contribution in [2.24, 2.45) is 28.6 Å². The summed E-state index contributed by atoms with van der Waals surface area (Å²) in [5.41, 5.74) is 1.70. The van der Waals surface area contributed by atoms with Crippen LogP contribution in [0.5, 0.6) is 0 Å². The van der Waals surface area contributed by atoms with E-state index in [2.05, 4.69) is 19.9 Å². The Morgan fingerprint density at radius 1 is 0.903 bits per heavy atom. The number of allylic oxidation sites excluding steroid dienone is 1. The van der Waals surface area contributed by atoms with Crippen LogP contribution in [-0.4, -0.2) is 37.7 Å². The van der Waals surface area contributed by atoms with Crippen molar-refractivity contribution >= 4 is 12.3 Å². The van der Waals surface area contributed by atoms with Crippen molar-refractivity contribution < 1.29 is 28.5 Å². The quantitative estimate of drug-likeness (QED) is 0.397. The van der Waals surface area contributed by atoms with E-state index in [1.807, 2.05) is 6.92 Å². The summed E-state index contributed by atoms with van der Waals surface area (Å²) in [6.45, 7) is 9.06. The second-order valence-corrected chi connectivity index (χ2v) is 10.3. The maximum atomic E-state index is 12.0. The predicted molar refractivity (Wildman–Crippen MR) is 115 cm³/mol. The van der Waals surface area contributed by atoms with Crippen molar-refractivity contribution in [1.82, 2.24) is 0 Å². The molecule has 4 aliphatic rings. The molecule has 0 aromatic carbocycles. The normalized spacial score (nSPS) is 41.2. The van der Waals surface area contributed by atoms with Gasteiger partial charge in [0.05, 0.1) is 13.2 Å². The first kappa shape index (κ1) is 22.5. The summed E-state index contributed by atoms with van der Waals surface area (Å²) in [7, 11) is 0. The first-order chi connectivity index (χ1) is 14.8. The van der Waals surface area contributed by atoms with Crippen LogP contribution in [0.25, 0.3) is 0 Å². The van der Waals surface area contributed by atoms with Gasteiger partial charge < -0.3 is 18.9 Å². The number of hydrogen-bond donors (Lipinski definition) is 0. The molecule has 0 aromatic heterocycles. The summed E-state index contributed by atoms with van der Waals surface area (Å²) >= 11 is 0. The zero-order chi connectivity index (χ0) is 22.2. The molecule has 6 nitrogen and oxygen atoms in total. The lowest BCUT2D eigenvalue weighted by Crippen LogP contribution is -2.52. The van der Waals surface area contributed by atoms with Gasteiger partial charge in [-0.3, -0.25) is 0 Å². The van der Waals surface area contributed by atoms with E-state index in [0.717, 1.165) is 44.9 Å². The lowest BCUT2D eigenvalue weighted by atomic mass is 9.47. The predicted octanol–water partition coefficient (Wildman–Crippen LogP) is 6.03. The Balaban J connectivity index is 1.47. The van der Waals surface area contributed by atoms with Gasteiger partial charge in [-0.25, -0.2) is 9.59 Å². The lowest BCUT2D eigenvalue weighted by molar-refractivity contribution is -0.0887. The molecule has 0 heterocycles. The van der Waals surface area contributed by atoms with Crippen LogP contribution in [-0.2, 0) is 18.9 Å². The number of carbonyl (C=O) groups is 2. The molecule has 4 rings (SSSR count). The molecule has 3 fully saturated rings. The third-order valence-electron chi connectivity index (χ3n) is 8.99. The standard InChI is InChI=1S/C25H38O6/c1-5-28-22(26)30-17-11-13-24(3)16(15-17)7-8-18-19-9-10-21(31-23(27)29-6-2)25(19,4)14-12-20(18)24/h15,17-21H,5-14H2,1-4H3/t17?,18-,19-,20-,21-,24-,25-/m0/s1. The summed E-state index contributed by atoms with van der Waals surface area (Å²) < 4.78 is 21.3. The van der Waals surface area contributed by atoms with Gasteiger partial charge in [-0.1, -0.05) is 19.4 Å². The summed E-state index contributed by atoms with van der Waals surface area (Å²) in [4.78, 5) is 23.8. The molecule has 0 N–H and O–H groups in total. The summed E-state index contributed by atoms with van der Waals surface area (Å²) in [5, 5.41) is 0. The smallest absolute Gasteiger partial charge is 0.435 e. The summed E-state index contributed by atoms with van der Waals surface area (Å²) in [6.07, 6.45) is 9.42. The highest BCUT2D eigenvalue weighted by Gasteiger charge is 2.60. The molecule has 6 heteroatoms. The van der Waals surface area contributed by atoms with Gasteiger partial charge in [0.15, 0.2) is 0 Å². The zero-order valence-corrected chi connectivity index (χ0v) is 19.5. The molecule has 174 valence electrons. The first-order valence-corrected chi connectivity index (χ1v) is 12.2. The number of fused-ring (bicyclic) bond motifs is 5. The van der Waals surface area contributed by atoms with Gasteiger partial charge in [-0.05, 0) is 94.5 Å². The first-order valence-electron chi connectivity index (χ1n) is 12.2. The minimum atomic E-state index is -0.561. The van der Waals surface area contributed by atoms with Gasteiger partial charge in [-0.2, -0.15) is 0 Å². The Morgan fingerprint density at radius 3 is 2.32 bits per heavy atom. The van der Waals surface area contributed by atoms with Crippen LogP contribution in [0.3, 0.4) is 0 Å². The zero-order valence-electron chi connectivity index (χ0n) is 19.5. The van der Waals surface area contributed by atoms with E-state index in [-0.39, 0.29) is 23.0 Å². The maximum Gasteiger partial charge on any atom is 0.508 e. The molecular weight excluding hydrogens is 396 g/mol. The molecule has 7 atom stereocenters. The Labute approximate surface area is 186 Å². The van der Waals surface area contributed by atoms with Crippen molar-refractivity contribution in [3.05, 3.63) is 11.6 Å². The highest BCUT2D eigenvalue weighted by Crippen LogP contribution is 2.65. The third-order valence-corrected chi connectivity index (χ3v) is 8.99. The molecule has 0 amide bonds. The summed E-state index contributed by atoms with van der Waals surface area (Å²) in [5.74, 6) is 1.91. The van der Waals surface area contributed by atoms with Crippen LogP contribution >= 0.6 is 0 Å². The molecule has 0 spiro atoms. The van der Waals surface area contributed by atoms with E-state index in [4.69, 9.17) is 18.9 Å². The van der Waals surface area contributed by atoms with E-state index in [1.165, 1.54) is 12.0 Å². The molecule has 3 saturated carbocycles. The number of hydrogen-bond acceptors (Lipinski definition) is 6. The Kier molecular flexibility index (Phi) is 6.28. The number of rotatable bonds is 4. The second kappa shape index (κ2) is 8.67. The van der Waals surface area contributed by atoms with E-state index in [9.17, 15) is 9.59 Å². The minimum Gasteiger partial charge on any atom is -0.435 e. The summed E-state index contributed by atoms with van der Waals surface area (Å²) in [6, 6.07) is 0. The van der Waals surface area contributed by atoms with Crippen LogP contribution in [0, 0.1) is 28.6 Å². The van der Waals surface area contributed by atoms with Gasteiger partial charge >= 0.3 is 12.3 Å². The van der Waals surface area contributed by atoms with Gasteiger partial charge in [0.2, 0.25) is 0 Å². The van der Waals surface area contributed by atoms with E-state index < -0.39 is 12.3 Å². The van der Waals surface area contributed by atoms with Gasteiger partial charge in [-0.15, -0.1) is 0 Å². The van der Waals surface area contributed by atoms with Gasteiger partial charge in [0.1, 0.15) is 12.2 Å². The van der Waals surface area contributed by atoms with Crippen molar-refractivity contribution in [3.8, 4) is 0 Å². The Hall–Kier alpha value is -1.72. The molecule has 0 radical (unpaired) electrons. The average molecular weight is 435 g/mol. The van der Waals surface area contributed by atoms with Gasteiger partial charge in [0.25, 0.3) is 0 Å². The number of carbonyl (C=O) groups excluding carboxylic acids is 2. The van der Waals surface area contributed by atoms with E-state index in [0.29, 0.717) is 31.0 Å². The minimum absolute atomic E-state index is 0.0315. The highest BCUT2D eigenvalue weighted by atomic mass is 16.7. The highest BCUT2D eigenvalue weighted by molar-refractivity contribution is 5.60. The van der Waals surface area contributed by atoms with Crippen LogP contribution in [0.15, 0.2) is 11.6 Å². The molecule has 4 aliphatic carbocycles. The SMILES string of the molecule is CCOC(=O)OC1C=C2CC[C@H]3[C@@H]4CC[C@H](OC(=O)OCC)[C@@]4(C)CC[C@@H]3[C@@]2(C)CC1. The molecule has 0 saturated heterocycles. The van der Waals surface area contributed by atoms with Crippen LogP contribution in [0.4, 0.5) is 9.59 Å². The molecule has 0 aromatic rings. The molecular formula is C25H38O6. The van der Waals surface area contributed by atoms with Crippen LogP contribution in [0.1, 0.15) is 79.1 Å². The largest absolute Gasteiger partial charge is 0.508 e. The monoisotopic (exact) mass is 434 g/mol. The lowest BCUT2D eigenvalue weighted by Gasteiger charge is -2.58. The fourth-order valence-electron chi connectivity index (χ4n) is 7.48. The van der Waals surface area contributed by atoms with E-state index in [1.54, 1.807) is 6.92 Å². The van der Waals surface area contributed by atoms with Crippen molar-refractivity contribution in [3.63, 3.8) is 0 Å². The van der Waals surface area contributed by atoms with Crippen LogP contribution in [0.2, 0.25) is 0 Å². The second-order valence-electron chi connectivity index (χ2n) is 10.3. The fraction of sp³-hybridized carbons (Fsp3) is 0.840. The third kappa shape index (κ3) is 3.95. The molecule has 0 bridgehead atoms. The topological polar surface area (TPSA) is 71.1 Å². The molecule has 31 heavy (non-hydrogen) atoms. The molecule has 1 unspecified atom stereocenters. The Bertz CT molecular complexity index is 732. The van der Waals surface area contributed by atoms with Crippen LogP contribution < -0.4 is 0 Å².